The minimum Gasteiger partial charge on any atom is -0.408 e. The van der Waals surface area contributed by atoms with Crippen LogP contribution in [0.1, 0.15) is 18.9 Å². The van der Waals surface area contributed by atoms with Crippen molar-refractivity contribution in [1.29, 1.82) is 0 Å². The van der Waals surface area contributed by atoms with Crippen molar-refractivity contribution in [2.24, 2.45) is 0 Å². The summed E-state index contributed by atoms with van der Waals surface area (Å²) in [6, 6.07) is 13.1. The molecule has 1 aromatic heterocycles. The first-order valence-electron chi connectivity index (χ1n) is 9.54. The van der Waals surface area contributed by atoms with E-state index < -0.39 is 15.8 Å². The molecule has 1 aliphatic rings. The van der Waals surface area contributed by atoms with Gasteiger partial charge >= 0.3 is 5.76 Å². The van der Waals surface area contributed by atoms with Crippen LogP contribution in [0.15, 0.2) is 75.3 Å². The van der Waals surface area contributed by atoms with E-state index in [0.717, 1.165) is 11.6 Å². The van der Waals surface area contributed by atoms with Crippen LogP contribution in [0.3, 0.4) is 0 Å². The quantitative estimate of drug-likeness (QED) is 0.631. The van der Waals surface area contributed by atoms with Crippen LogP contribution in [-0.4, -0.2) is 36.3 Å². The Bertz CT molecular complexity index is 1250. The number of carbonyl (C=O) groups excluding carboxylic acids is 1. The second-order valence-electron chi connectivity index (χ2n) is 7.06. The standard InChI is InChI=1S/C21H21N3O5S/c1-2-20(25)22-15-7-9-17(10-8-15)30(27,28)23-13-11-16(12-14-23)24-18-5-3-4-6-19(18)29-21(24)26/h2-10,16H,1,11-14H2,(H,22,25). The number of nitrogens with zero attached hydrogens (tertiary/aromatic N) is 2. The van der Waals surface area contributed by atoms with Crippen LogP contribution >= 0.6 is 0 Å². The number of piperidine rings is 1. The van der Waals surface area contributed by atoms with E-state index >= 15 is 0 Å². The highest BCUT2D eigenvalue weighted by atomic mass is 32.2. The van der Waals surface area contributed by atoms with Crippen LogP contribution in [0.5, 0.6) is 0 Å². The molecule has 3 aromatic rings. The number of hydrogen-bond donors (Lipinski definition) is 1. The molecule has 1 aliphatic heterocycles. The summed E-state index contributed by atoms with van der Waals surface area (Å²) in [6.07, 6.45) is 2.16. The molecule has 0 spiro atoms. The zero-order valence-corrected chi connectivity index (χ0v) is 17.0. The van der Waals surface area contributed by atoms with Gasteiger partial charge in [-0.3, -0.25) is 9.36 Å². The molecule has 1 N–H and O–H groups in total. The second kappa shape index (κ2) is 7.92. The Labute approximate surface area is 173 Å². The number of rotatable bonds is 5. The highest BCUT2D eigenvalue weighted by Gasteiger charge is 2.31. The average molecular weight is 427 g/mol. The molecule has 0 bridgehead atoms. The lowest BCUT2D eigenvalue weighted by Crippen LogP contribution is -2.40. The van der Waals surface area contributed by atoms with Crippen molar-refractivity contribution < 1.29 is 17.6 Å². The Balaban J connectivity index is 1.49. The fraction of sp³-hybridized carbons (Fsp3) is 0.238. The molecule has 4 rings (SSSR count). The van der Waals surface area contributed by atoms with Crippen molar-refractivity contribution in [3.63, 3.8) is 0 Å². The van der Waals surface area contributed by atoms with Gasteiger partial charge in [-0.1, -0.05) is 18.7 Å². The number of oxazole rings is 1. The fourth-order valence-electron chi connectivity index (χ4n) is 3.72. The lowest BCUT2D eigenvalue weighted by molar-refractivity contribution is -0.111. The molecule has 0 unspecified atom stereocenters. The van der Waals surface area contributed by atoms with Crippen LogP contribution in [0.2, 0.25) is 0 Å². The lowest BCUT2D eigenvalue weighted by atomic mass is 10.1. The maximum absolute atomic E-state index is 13.0. The normalized spacial score (nSPS) is 15.9. The molecule has 0 aliphatic carbocycles. The van der Waals surface area contributed by atoms with Gasteiger partial charge in [-0.05, 0) is 55.3 Å². The number of fused-ring (bicyclic) bond motifs is 1. The number of benzene rings is 2. The summed E-state index contributed by atoms with van der Waals surface area (Å²) in [7, 11) is -3.67. The number of nitrogens with one attached hydrogen (secondary N) is 1. The van der Waals surface area contributed by atoms with E-state index in [2.05, 4.69) is 11.9 Å². The predicted octanol–water partition coefficient (Wildman–Crippen LogP) is 2.74. The first-order chi connectivity index (χ1) is 14.4. The predicted molar refractivity (Wildman–Crippen MR) is 113 cm³/mol. The van der Waals surface area contributed by atoms with Gasteiger partial charge < -0.3 is 9.73 Å². The van der Waals surface area contributed by atoms with Gasteiger partial charge in [-0.25, -0.2) is 13.2 Å². The SMILES string of the molecule is C=CC(=O)Nc1ccc(S(=O)(=O)N2CCC(n3c(=O)oc4ccccc43)CC2)cc1. The average Bonchev–Trinajstić information content (AvgIpc) is 3.09. The number of hydrogen-bond acceptors (Lipinski definition) is 5. The van der Waals surface area contributed by atoms with Gasteiger partial charge in [0, 0.05) is 24.8 Å². The number of para-hydroxylation sites is 2. The van der Waals surface area contributed by atoms with Crippen molar-refractivity contribution in [1.82, 2.24) is 8.87 Å². The third-order valence-electron chi connectivity index (χ3n) is 5.25. The zero-order valence-electron chi connectivity index (χ0n) is 16.2. The highest BCUT2D eigenvalue weighted by molar-refractivity contribution is 7.89. The summed E-state index contributed by atoms with van der Waals surface area (Å²) >= 11 is 0. The van der Waals surface area contributed by atoms with Crippen LogP contribution in [0, 0.1) is 0 Å². The van der Waals surface area contributed by atoms with Crippen molar-refractivity contribution in [3.05, 3.63) is 71.7 Å². The van der Waals surface area contributed by atoms with E-state index in [4.69, 9.17) is 4.42 Å². The maximum atomic E-state index is 13.0. The lowest BCUT2D eigenvalue weighted by Gasteiger charge is -2.31. The number of amides is 1. The van der Waals surface area contributed by atoms with Crippen LogP contribution < -0.4 is 11.1 Å². The topological polar surface area (TPSA) is 102 Å². The summed E-state index contributed by atoms with van der Waals surface area (Å²) in [5, 5.41) is 2.58. The summed E-state index contributed by atoms with van der Waals surface area (Å²) in [5.74, 6) is -0.788. The first kappa shape index (κ1) is 20.1. The Morgan fingerprint density at radius 2 is 1.77 bits per heavy atom. The number of sulfonamides is 1. The van der Waals surface area contributed by atoms with Gasteiger partial charge in [-0.15, -0.1) is 0 Å². The summed E-state index contributed by atoms with van der Waals surface area (Å²) < 4.78 is 34.3. The molecule has 9 heteroatoms. The van der Waals surface area contributed by atoms with E-state index in [9.17, 15) is 18.0 Å². The smallest absolute Gasteiger partial charge is 0.408 e. The summed E-state index contributed by atoms with van der Waals surface area (Å²) in [5.41, 5.74) is 1.74. The van der Waals surface area contributed by atoms with Gasteiger partial charge in [0.1, 0.15) is 0 Å². The van der Waals surface area contributed by atoms with E-state index in [1.807, 2.05) is 12.1 Å². The van der Waals surface area contributed by atoms with E-state index in [1.165, 1.54) is 28.6 Å². The van der Waals surface area contributed by atoms with Crippen molar-refractivity contribution in [2.75, 3.05) is 18.4 Å². The Hall–Kier alpha value is -3.17. The monoisotopic (exact) mass is 427 g/mol. The zero-order chi connectivity index (χ0) is 21.3. The van der Waals surface area contributed by atoms with Gasteiger partial charge in [0.25, 0.3) is 0 Å². The molecule has 2 aromatic carbocycles. The van der Waals surface area contributed by atoms with Gasteiger partial charge in [0.05, 0.1) is 10.4 Å². The van der Waals surface area contributed by atoms with E-state index in [0.29, 0.717) is 37.2 Å². The third-order valence-corrected chi connectivity index (χ3v) is 7.17. The molecular weight excluding hydrogens is 406 g/mol. The number of aromatic nitrogens is 1. The van der Waals surface area contributed by atoms with Crippen molar-refractivity contribution in [3.8, 4) is 0 Å². The van der Waals surface area contributed by atoms with Gasteiger partial charge in [0.2, 0.25) is 15.9 Å². The number of carbonyl (C=O) groups is 1. The van der Waals surface area contributed by atoms with E-state index in [1.54, 1.807) is 16.7 Å². The minimum atomic E-state index is -3.67. The van der Waals surface area contributed by atoms with Gasteiger partial charge in [0.15, 0.2) is 5.58 Å². The molecule has 0 saturated carbocycles. The molecule has 1 saturated heterocycles. The van der Waals surface area contributed by atoms with Gasteiger partial charge in [-0.2, -0.15) is 4.31 Å². The molecule has 2 heterocycles. The fourth-order valence-corrected chi connectivity index (χ4v) is 5.19. The largest absolute Gasteiger partial charge is 0.420 e. The molecule has 156 valence electrons. The Morgan fingerprint density at radius 3 is 2.43 bits per heavy atom. The molecule has 8 nitrogen and oxygen atoms in total. The summed E-state index contributed by atoms with van der Waals surface area (Å²) in [6.45, 7) is 3.98. The third kappa shape index (κ3) is 3.69. The molecule has 0 atom stereocenters. The highest BCUT2D eigenvalue weighted by Crippen LogP contribution is 2.29. The minimum absolute atomic E-state index is 0.121. The second-order valence-corrected chi connectivity index (χ2v) is 9.00. The number of anilines is 1. The molecule has 30 heavy (non-hydrogen) atoms. The summed E-state index contributed by atoms with van der Waals surface area (Å²) in [4.78, 5) is 23.8. The molecule has 0 radical (unpaired) electrons. The van der Waals surface area contributed by atoms with Crippen molar-refractivity contribution >= 4 is 32.7 Å². The molecular formula is C21H21N3O5S. The van der Waals surface area contributed by atoms with E-state index in [-0.39, 0.29) is 16.8 Å². The Kier molecular flexibility index (Phi) is 5.31. The van der Waals surface area contributed by atoms with Crippen LogP contribution in [-0.2, 0) is 14.8 Å². The first-order valence-corrected chi connectivity index (χ1v) is 11.0. The maximum Gasteiger partial charge on any atom is 0.420 e. The van der Waals surface area contributed by atoms with Crippen molar-refractivity contribution in [2.45, 2.75) is 23.8 Å². The van der Waals surface area contributed by atoms with Crippen LogP contribution in [0.25, 0.3) is 11.1 Å². The Morgan fingerprint density at radius 1 is 1.10 bits per heavy atom. The molecule has 1 fully saturated rings. The molecule has 1 amide bonds. The van der Waals surface area contributed by atoms with Crippen LogP contribution in [0.4, 0.5) is 5.69 Å².